The first-order chi connectivity index (χ1) is 16.3. The van der Waals surface area contributed by atoms with Gasteiger partial charge in [-0.1, -0.05) is 101 Å². The Kier molecular flexibility index (Phi) is 13.1. The molecule has 0 radical (unpaired) electrons. The molecule has 2 aliphatic rings. The van der Waals surface area contributed by atoms with Crippen molar-refractivity contribution in [2.24, 2.45) is 0 Å². The molecule has 0 unspecified atom stereocenters. The van der Waals surface area contributed by atoms with E-state index in [9.17, 15) is 16.9 Å². The summed E-state index contributed by atoms with van der Waals surface area (Å²) in [5.41, 5.74) is 4.87. The van der Waals surface area contributed by atoms with Gasteiger partial charge in [0, 0.05) is 6.92 Å². The summed E-state index contributed by atoms with van der Waals surface area (Å²) in [7, 11) is -0.0365. The van der Waals surface area contributed by atoms with Gasteiger partial charge in [0.2, 0.25) is 0 Å². The Balaban J connectivity index is 0.000000506. The van der Waals surface area contributed by atoms with Gasteiger partial charge in [-0.3, -0.25) is 0 Å². The molecule has 0 amide bonds. The molecule has 0 aliphatic heterocycles. The number of nitrogens with zero attached hydrogens (tertiary/aromatic N) is 1. The molecular weight excluding hydrogens is 790 g/mol. The average molecular weight is 824 g/mol. The fourth-order valence-electron chi connectivity index (χ4n) is 4.97. The maximum absolute atomic E-state index is 11.2. The Hall–Kier alpha value is -0.502. The Morgan fingerprint density at radius 1 is 0.694 bits per heavy atom. The summed E-state index contributed by atoms with van der Waals surface area (Å²) in [6.45, 7) is 1.43. The first-order valence-electron chi connectivity index (χ1n) is 12.1. The summed E-state index contributed by atoms with van der Waals surface area (Å²) >= 11 is -11.2. The van der Waals surface area contributed by atoms with E-state index in [1.54, 1.807) is 11.4 Å². The van der Waals surface area contributed by atoms with E-state index >= 15 is 0 Å². The van der Waals surface area contributed by atoms with Crippen LogP contribution in [0.15, 0.2) is 54.6 Å². The number of halogens is 6. The van der Waals surface area contributed by atoms with Crippen LogP contribution < -0.4 is 5.30 Å². The molecule has 0 saturated heterocycles. The van der Waals surface area contributed by atoms with Crippen LogP contribution in [-0.2, 0) is 22.4 Å². The normalized spacial score (nSPS) is 18.6. The van der Waals surface area contributed by atoms with Crippen molar-refractivity contribution in [2.75, 3.05) is 0 Å². The molecule has 0 atom stereocenters. The van der Waals surface area contributed by atoms with Crippen molar-refractivity contribution in [3.63, 3.8) is 0 Å². The van der Waals surface area contributed by atoms with Gasteiger partial charge in [0.1, 0.15) is 0 Å². The zero-order valence-electron chi connectivity index (χ0n) is 20.3. The van der Waals surface area contributed by atoms with Gasteiger partial charge in [-0.05, 0) is 53.4 Å². The molecule has 4 rings (SSSR count). The van der Waals surface area contributed by atoms with Crippen molar-refractivity contribution in [3.05, 3.63) is 54.6 Å². The van der Waals surface area contributed by atoms with Crippen molar-refractivity contribution >= 4 is 32.7 Å². The SMILES string of the molecule is CC#N.[Au+].[F][Sb-]([F])([F])([F])([F])[F].c1ccc(-c2ccccc2P(C2CCCCC2)C2CCCCC2)cc1. The molecule has 206 valence electrons. The summed E-state index contributed by atoms with van der Waals surface area (Å²) in [6.07, 6.45) is 14.7. The van der Waals surface area contributed by atoms with Gasteiger partial charge in [0.25, 0.3) is 0 Å². The molecule has 1 nitrogen and oxygen atoms in total. The smallest absolute Gasteiger partial charge is 0.0107 e. The molecule has 0 aromatic heterocycles. The second kappa shape index (κ2) is 14.0. The van der Waals surface area contributed by atoms with Crippen LogP contribution in [-0.4, -0.2) is 30.8 Å². The van der Waals surface area contributed by atoms with Crippen molar-refractivity contribution in [3.8, 4) is 17.2 Å². The third kappa shape index (κ3) is 13.9. The first kappa shape index (κ1) is 33.5. The minimum absolute atomic E-state index is 0. The predicted molar refractivity (Wildman–Crippen MR) is 136 cm³/mol. The minimum Gasteiger partial charge on any atom is -0.0683 e. The van der Waals surface area contributed by atoms with E-state index in [0.717, 1.165) is 11.3 Å². The molecule has 10 heteroatoms. The summed E-state index contributed by atoms with van der Waals surface area (Å²) in [6, 6.07) is 22.3. The van der Waals surface area contributed by atoms with E-state index in [1.807, 2.05) is 0 Å². The van der Waals surface area contributed by atoms with E-state index in [4.69, 9.17) is 5.26 Å². The number of benzene rings is 2. The molecule has 2 aromatic rings. The third-order valence-electron chi connectivity index (χ3n) is 6.20. The van der Waals surface area contributed by atoms with Crippen molar-refractivity contribution in [1.82, 2.24) is 0 Å². The van der Waals surface area contributed by atoms with Crippen LogP contribution in [0.2, 0.25) is 0 Å². The van der Waals surface area contributed by atoms with Crippen molar-refractivity contribution in [2.45, 2.75) is 82.4 Å². The van der Waals surface area contributed by atoms with Crippen molar-refractivity contribution in [1.29, 1.82) is 5.26 Å². The predicted octanol–water partition coefficient (Wildman–Crippen LogP) is 9.79. The van der Waals surface area contributed by atoms with Gasteiger partial charge in [-0.15, -0.1) is 0 Å². The number of rotatable bonds is 4. The summed E-state index contributed by atoms with van der Waals surface area (Å²) in [4.78, 5) is 0. The van der Waals surface area contributed by atoms with Crippen molar-refractivity contribution < 1.29 is 39.3 Å². The Morgan fingerprint density at radius 2 is 1.06 bits per heavy atom. The van der Waals surface area contributed by atoms with Crippen LogP contribution in [0.1, 0.15) is 71.1 Å². The molecule has 0 spiro atoms. The molecule has 36 heavy (non-hydrogen) atoms. The molecule has 2 saturated carbocycles. The molecule has 0 N–H and O–H groups in total. The van der Waals surface area contributed by atoms with E-state index in [1.165, 1.54) is 82.3 Å². The zero-order chi connectivity index (χ0) is 26.0. The molecule has 2 aromatic carbocycles. The van der Waals surface area contributed by atoms with E-state index in [0.29, 0.717) is 0 Å². The second-order valence-electron chi connectivity index (χ2n) is 9.06. The zero-order valence-corrected chi connectivity index (χ0v) is 25.9. The second-order valence-corrected chi connectivity index (χ2v) is 17.3. The fraction of sp³-hybridized carbons (Fsp3) is 0.500. The van der Waals surface area contributed by atoms with Crippen LogP contribution in [0.25, 0.3) is 11.1 Å². The van der Waals surface area contributed by atoms with Gasteiger partial charge in [-0.2, -0.15) is 5.26 Å². The third-order valence-corrected chi connectivity index (χ3v) is 9.76. The Bertz CT molecular complexity index is 925. The number of nitriles is 1. The van der Waals surface area contributed by atoms with Crippen LogP contribution >= 0.6 is 7.92 Å². The molecule has 2 fully saturated rings. The molecule has 2 aliphatic carbocycles. The summed E-state index contributed by atoms with van der Waals surface area (Å²) < 4.78 is 59.6. The molecule has 0 heterocycles. The van der Waals surface area contributed by atoms with Crippen LogP contribution in [0.3, 0.4) is 0 Å². The Morgan fingerprint density at radius 3 is 1.47 bits per heavy atom. The van der Waals surface area contributed by atoms with E-state index < -0.39 is 19.5 Å². The van der Waals surface area contributed by atoms with Gasteiger partial charge >= 0.3 is 58.7 Å². The van der Waals surface area contributed by atoms with Gasteiger partial charge in [0.05, 0.1) is 6.07 Å². The summed E-state index contributed by atoms with van der Waals surface area (Å²) in [5.74, 6) is 0. The molecular formula is C26H34AuF6NPSb. The maximum atomic E-state index is 9.93. The maximum Gasteiger partial charge on any atom is -0.0107 e. The first-order valence-corrected chi connectivity index (χ1v) is 19.4. The van der Waals surface area contributed by atoms with Gasteiger partial charge in [0.15, 0.2) is 0 Å². The van der Waals surface area contributed by atoms with Crippen LogP contribution in [0.4, 0.5) is 16.9 Å². The van der Waals surface area contributed by atoms with Crippen LogP contribution in [0, 0.1) is 11.3 Å². The van der Waals surface area contributed by atoms with Gasteiger partial charge in [-0.25, -0.2) is 0 Å². The monoisotopic (exact) mass is 823 g/mol. The molecule has 0 bridgehead atoms. The largest absolute Gasteiger partial charge is 0.0683 e. The topological polar surface area (TPSA) is 23.8 Å². The number of hydrogen-bond acceptors (Lipinski definition) is 1. The fourth-order valence-corrected chi connectivity index (χ4v) is 8.94. The van der Waals surface area contributed by atoms with E-state index in [2.05, 4.69) is 54.6 Å². The summed E-state index contributed by atoms with van der Waals surface area (Å²) in [5, 5.41) is 9.03. The van der Waals surface area contributed by atoms with Gasteiger partial charge < -0.3 is 0 Å². The van der Waals surface area contributed by atoms with Crippen LogP contribution in [0.5, 0.6) is 0 Å². The quantitative estimate of drug-likeness (QED) is 0.171. The van der Waals surface area contributed by atoms with E-state index in [-0.39, 0.29) is 30.3 Å². The number of hydrogen-bond donors (Lipinski definition) is 0. The standard InChI is InChI=1S/C24H31P.C2H3N.Au.6FH.Sb/c1-4-12-20(13-5-1)23-18-10-11-19-24(23)25(21-14-6-2-7-15-21)22-16-8-3-9-17-22;1-2-3;;;;;;;;/h1,4-5,10-13,18-19,21-22H,2-3,6-9,14-17H2;1H3;;6*1H;/q;;+1;;;;;;;+5/p-6. The Labute approximate surface area is 230 Å². The minimum atomic E-state index is -11.2. The average Bonchev–Trinajstić information content (AvgIpc) is 2.80.